The number of benzene rings is 1. The van der Waals surface area contributed by atoms with Crippen molar-refractivity contribution < 1.29 is 4.42 Å². The molecular formula is C29H32Cl2N8O2S. The summed E-state index contributed by atoms with van der Waals surface area (Å²) in [5, 5.41) is 13.3. The first-order valence-electron chi connectivity index (χ1n) is 13.6. The van der Waals surface area contributed by atoms with Gasteiger partial charge in [0.15, 0.2) is 17.3 Å². The van der Waals surface area contributed by atoms with E-state index in [1.807, 2.05) is 47.3 Å². The van der Waals surface area contributed by atoms with Crippen molar-refractivity contribution in [3.63, 3.8) is 0 Å². The van der Waals surface area contributed by atoms with E-state index in [1.165, 1.54) is 23.3 Å². The highest BCUT2D eigenvalue weighted by molar-refractivity contribution is 7.17. The van der Waals surface area contributed by atoms with E-state index < -0.39 is 0 Å². The quantitative estimate of drug-likeness (QED) is 0.258. The number of halogens is 2. The number of hydrogen-bond acceptors (Lipinski definition) is 10. The lowest BCUT2D eigenvalue weighted by molar-refractivity contribution is 0.172. The van der Waals surface area contributed by atoms with Crippen LogP contribution in [0.15, 0.2) is 63.4 Å². The Morgan fingerprint density at radius 2 is 1.86 bits per heavy atom. The largest absolute Gasteiger partial charge is 0.439 e. The van der Waals surface area contributed by atoms with Gasteiger partial charge in [0, 0.05) is 79.4 Å². The van der Waals surface area contributed by atoms with Crippen LogP contribution >= 0.6 is 36.2 Å². The number of rotatable bonds is 7. The maximum Gasteiger partial charge on any atom is 0.229 e. The highest BCUT2D eigenvalue weighted by Gasteiger charge is 2.19. The fourth-order valence-corrected chi connectivity index (χ4v) is 6.03. The summed E-state index contributed by atoms with van der Waals surface area (Å²) in [6.07, 6.45) is 5.07. The average Bonchev–Trinajstić information content (AvgIpc) is 3.56. The van der Waals surface area contributed by atoms with Gasteiger partial charge >= 0.3 is 0 Å². The summed E-state index contributed by atoms with van der Waals surface area (Å²) in [5.41, 5.74) is 5.65. The van der Waals surface area contributed by atoms with Crippen molar-refractivity contribution >= 4 is 64.0 Å². The van der Waals surface area contributed by atoms with E-state index >= 15 is 0 Å². The standard InChI is InChI=1S/C29H30N8O2S.2ClH/c1-19-21(16-35-11-2-12-35)17-37(34-19)25-7-8-31-29(33-25)32-22-5-3-20(4-6-22)23-18-40-28-24(38)15-26(39-27(23)28)36-13-9-30-10-14-36;;/h3-8,15,17-18,30H,2,9-14,16H2,1H3,(H,31,32,33);2*1H. The molecule has 220 valence electrons. The second-order valence-electron chi connectivity index (χ2n) is 10.2. The van der Waals surface area contributed by atoms with Gasteiger partial charge in [-0.25, -0.2) is 9.67 Å². The van der Waals surface area contributed by atoms with Gasteiger partial charge in [-0.1, -0.05) is 12.1 Å². The Balaban J connectivity index is 0.00000176. The van der Waals surface area contributed by atoms with Gasteiger partial charge in [0.2, 0.25) is 11.4 Å². The molecule has 0 radical (unpaired) electrons. The van der Waals surface area contributed by atoms with Gasteiger partial charge in [0.1, 0.15) is 4.70 Å². The SMILES string of the molecule is Cc1nn(-c2ccnc(Nc3ccc(-c4csc5c(=O)cc(N6CCNCC6)oc45)cc3)n2)cc1CN1CCC1.Cl.Cl. The Hall–Kier alpha value is -3.48. The number of aromatic nitrogens is 4. The molecule has 0 atom stereocenters. The number of anilines is 3. The Morgan fingerprint density at radius 3 is 2.60 bits per heavy atom. The zero-order valence-electron chi connectivity index (χ0n) is 23.1. The van der Waals surface area contributed by atoms with E-state index in [0.717, 1.165) is 68.3 Å². The third-order valence-electron chi connectivity index (χ3n) is 7.53. The minimum atomic E-state index is 0. The lowest BCUT2D eigenvalue weighted by Crippen LogP contribution is -2.43. The molecule has 2 N–H and O–H groups in total. The van der Waals surface area contributed by atoms with Gasteiger partial charge in [-0.05, 0) is 44.1 Å². The predicted molar refractivity (Wildman–Crippen MR) is 172 cm³/mol. The Bertz CT molecular complexity index is 1730. The molecule has 2 fully saturated rings. The van der Waals surface area contributed by atoms with Crippen LogP contribution in [0.25, 0.3) is 27.2 Å². The summed E-state index contributed by atoms with van der Waals surface area (Å²) in [6.45, 7) is 8.66. The molecule has 6 heterocycles. The van der Waals surface area contributed by atoms with Gasteiger partial charge in [-0.3, -0.25) is 9.69 Å². The number of fused-ring (bicyclic) bond motifs is 1. The summed E-state index contributed by atoms with van der Waals surface area (Å²) in [7, 11) is 0. The fourth-order valence-electron chi connectivity index (χ4n) is 5.12. The van der Waals surface area contributed by atoms with Crippen molar-refractivity contribution in [2.75, 3.05) is 49.5 Å². The number of aryl methyl sites for hydroxylation is 1. The highest BCUT2D eigenvalue weighted by Crippen LogP contribution is 2.35. The van der Waals surface area contributed by atoms with Crippen molar-refractivity contribution in [2.45, 2.75) is 19.9 Å². The fraction of sp³-hybridized carbons (Fsp3) is 0.310. The normalized spacial score (nSPS) is 15.1. The zero-order valence-corrected chi connectivity index (χ0v) is 25.5. The molecule has 42 heavy (non-hydrogen) atoms. The van der Waals surface area contributed by atoms with Gasteiger partial charge in [0.25, 0.3) is 0 Å². The molecule has 2 aliphatic rings. The smallest absolute Gasteiger partial charge is 0.229 e. The third kappa shape index (κ3) is 6.02. The third-order valence-corrected chi connectivity index (χ3v) is 8.51. The highest BCUT2D eigenvalue weighted by atomic mass is 35.5. The number of nitrogens with zero attached hydrogens (tertiary/aromatic N) is 6. The lowest BCUT2D eigenvalue weighted by Gasteiger charge is -2.30. The minimum Gasteiger partial charge on any atom is -0.439 e. The van der Waals surface area contributed by atoms with Gasteiger partial charge in [-0.15, -0.1) is 36.2 Å². The average molecular weight is 628 g/mol. The van der Waals surface area contributed by atoms with Crippen LogP contribution in [0.3, 0.4) is 0 Å². The first-order valence-corrected chi connectivity index (χ1v) is 14.5. The van der Waals surface area contributed by atoms with Crippen LogP contribution in [0.1, 0.15) is 17.7 Å². The second kappa shape index (κ2) is 12.8. The van der Waals surface area contributed by atoms with Crippen molar-refractivity contribution in [2.24, 2.45) is 0 Å². The van der Waals surface area contributed by atoms with Crippen LogP contribution in [-0.2, 0) is 6.54 Å². The predicted octanol–water partition coefficient (Wildman–Crippen LogP) is 5.01. The Labute approximate surface area is 259 Å². The van der Waals surface area contributed by atoms with Crippen LogP contribution in [0.2, 0.25) is 0 Å². The van der Waals surface area contributed by atoms with E-state index in [2.05, 4.69) is 36.7 Å². The summed E-state index contributed by atoms with van der Waals surface area (Å²) in [4.78, 5) is 26.5. The molecule has 5 aromatic rings. The topological polar surface area (TPSA) is 104 Å². The summed E-state index contributed by atoms with van der Waals surface area (Å²) >= 11 is 1.42. The van der Waals surface area contributed by atoms with Crippen molar-refractivity contribution in [3.05, 3.63) is 75.7 Å². The first kappa shape index (κ1) is 30.0. The van der Waals surface area contributed by atoms with E-state index in [1.54, 1.807) is 12.3 Å². The minimum absolute atomic E-state index is 0. The molecule has 7 rings (SSSR count). The molecule has 0 bridgehead atoms. The summed E-state index contributed by atoms with van der Waals surface area (Å²) < 4.78 is 8.76. The van der Waals surface area contributed by atoms with E-state index in [-0.39, 0.29) is 30.2 Å². The summed E-state index contributed by atoms with van der Waals surface area (Å²) in [5.74, 6) is 1.84. The molecule has 0 spiro atoms. The molecule has 4 aromatic heterocycles. The Kier molecular flexibility index (Phi) is 9.14. The van der Waals surface area contributed by atoms with Crippen molar-refractivity contribution in [1.29, 1.82) is 0 Å². The van der Waals surface area contributed by atoms with Crippen molar-refractivity contribution in [1.82, 2.24) is 30.0 Å². The van der Waals surface area contributed by atoms with Crippen molar-refractivity contribution in [3.8, 4) is 16.9 Å². The van der Waals surface area contributed by atoms with Gasteiger partial charge < -0.3 is 20.0 Å². The second-order valence-corrected chi connectivity index (χ2v) is 11.1. The molecule has 0 unspecified atom stereocenters. The molecule has 0 saturated carbocycles. The number of piperazine rings is 1. The number of nitrogens with one attached hydrogen (secondary N) is 2. The number of hydrogen-bond donors (Lipinski definition) is 2. The van der Waals surface area contributed by atoms with E-state index in [0.29, 0.717) is 27.9 Å². The molecule has 2 saturated heterocycles. The summed E-state index contributed by atoms with van der Waals surface area (Å²) in [6, 6.07) is 11.5. The molecule has 2 aliphatic heterocycles. The number of thiophene rings is 1. The first-order chi connectivity index (χ1) is 19.6. The van der Waals surface area contributed by atoms with Crippen LogP contribution < -0.4 is 21.0 Å². The zero-order chi connectivity index (χ0) is 27.1. The maximum absolute atomic E-state index is 12.8. The molecular weight excluding hydrogens is 595 g/mol. The van der Waals surface area contributed by atoms with Gasteiger partial charge in [0.05, 0.1) is 5.69 Å². The van der Waals surface area contributed by atoms with Crippen LogP contribution in [-0.4, -0.2) is 63.9 Å². The van der Waals surface area contributed by atoms with E-state index in [9.17, 15) is 4.79 Å². The molecule has 0 amide bonds. The monoisotopic (exact) mass is 626 g/mol. The lowest BCUT2D eigenvalue weighted by atomic mass is 10.1. The molecule has 10 nitrogen and oxygen atoms in total. The molecule has 0 aliphatic carbocycles. The number of likely N-dealkylation sites (tertiary alicyclic amines) is 1. The van der Waals surface area contributed by atoms with Crippen LogP contribution in [0.4, 0.5) is 17.5 Å². The molecule has 13 heteroatoms. The van der Waals surface area contributed by atoms with E-state index in [4.69, 9.17) is 9.40 Å². The Morgan fingerprint density at radius 1 is 1.07 bits per heavy atom. The van der Waals surface area contributed by atoms with Crippen LogP contribution in [0.5, 0.6) is 0 Å². The van der Waals surface area contributed by atoms with Gasteiger partial charge in [-0.2, -0.15) is 10.1 Å². The maximum atomic E-state index is 12.8. The molecule has 1 aromatic carbocycles. The van der Waals surface area contributed by atoms with Crippen LogP contribution in [0, 0.1) is 6.92 Å².